The first kappa shape index (κ1) is 19.1. The number of ether oxygens (including phenoxy) is 1. The van der Waals surface area contributed by atoms with Gasteiger partial charge in [0.2, 0.25) is 0 Å². The Bertz CT molecular complexity index is 1010. The second-order valence-electron chi connectivity index (χ2n) is 8.15. The number of carbonyl (C=O) groups is 1. The molecule has 0 saturated heterocycles. The molecule has 7 nitrogen and oxygen atoms in total. The van der Waals surface area contributed by atoms with Gasteiger partial charge in [0.05, 0.1) is 6.10 Å². The number of hydrogen-bond acceptors (Lipinski definition) is 5. The number of rotatable bonds is 4. The van der Waals surface area contributed by atoms with E-state index in [2.05, 4.69) is 25.2 Å². The minimum absolute atomic E-state index is 0.0607. The van der Waals surface area contributed by atoms with Crippen LogP contribution in [0.1, 0.15) is 42.0 Å². The zero-order valence-electron chi connectivity index (χ0n) is 17.0. The Labute approximate surface area is 175 Å². The topological polar surface area (TPSA) is 81.1 Å². The first-order valence-electron chi connectivity index (χ1n) is 10.8. The van der Waals surface area contributed by atoms with Crippen LogP contribution >= 0.6 is 0 Å². The highest BCUT2D eigenvalue weighted by Crippen LogP contribution is 2.29. The van der Waals surface area contributed by atoms with E-state index >= 15 is 0 Å². The average molecular weight is 406 g/mol. The fourth-order valence-corrected chi connectivity index (χ4v) is 4.44. The molecule has 0 atom stereocenters. The number of carbonyl (C=O) groups excluding carboxylic acids is 1. The van der Waals surface area contributed by atoms with Crippen molar-refractivity contribution in [3.05, 3.63) is 54.4 Å². The van der Waals surface area contributed by atoms with Crippen LogP contribution < -0.4 is 15.4 Å². The summed E-state index contributed by atoms with van der Waals surface area (Å²) in [5.74, 6) is 1.85. The monoisotopic (exact) mass is 405 g/mol. The van der Waals surface area contributed by atoms with Crippen molar-refractivity contribution in [2.45, 2.75) is 50.8 Å². The molecule has 2 N–H and O–H groups in total. The van der Waals surface area contributed by atoms with E-state index in [1.165, 1.54) is 0 Å². The zero-order chi connectivity index (χ0) is 20.3. The van der Waals surface area contributed by atoms with E-state index in [9.17, 15) is 4.79 Å². The maximum absolute atomic E-state index is 12.7. The van der Waals surface area contributed by atoms with Crippen LogP contribution in [0.5, 0.6) is 5.75 Å². The lowest BCUT2D eigenvalue weighted by molar-refractivity contribution is 0.0890. The average Bonchev–Trinajstić information content (AvgIpc) is 3.06. The molecule has 2 aromatic heterocycles. The molecule has 5 rings (SSSR count). The van der Waals surface area contributed by atoms with Crippen LogP contribution in [0.25, 0.3) is 10.8 Å². The van der Waals surface area contributed by atoms with Gasteiger partial charge in [0, 0.05) is 61.5 Å². The number of pyridine rings is 1. The highest BCUT2D eigenvalue weighted by molar-refractivity contribution is 5.92. The van der Waals surface area contributed by atoms with E-state index in [1.54, 1.807) is 6.20 Å². The summed E-state index contributed by atoms with van der Waals surface area (Å²) in [5, 5.41) is 8.71. The highest BCUT2D eigenvalue weighted by atomic mass is 16.5. The Balaban J connectivity index is 1.17. The second-order valence-corrected chi connectivity index (χ2v) is 8.15. The molecule has 0 radical (unpaired) electrons. The van der Waals surface area contributed by atoms with E-state index in [1.807, 2.05) is 36.7 Å². The first-order valence-corrected chi connectivity index (χ1v) is 10.8. The number of benzene rings is 1. The number of nitrogens with zero attached hydrogens (tertiary/aromatic N) is 3. The van der Waals surface area contributed by atoms with Crippen LogP contribution in [0.4, 0.5) is 0 Å². The number of hydrogen-bond donors (Lipinski definition) is 2. The van der Waals surface area contributed by atoms with Crippen molar-refractivity contribution in [2.75, 3.05) is 13.1 Å². The number of aromatic nitrogens is 3. The van der Waals surface area contributed by atoms with E-state index in [0.29, 0.717) is 5.69 Å². The van der Waals surface area contributed by atoms with Gasteiger partial charge in [-0.2, -0.15) is 0 Å². The Hall–Kier alpha value is -2.93. The summed E-state index contributed by atoms with van der Waals surface area (Å²) in [6.07, 6.45) is 10.3. The lowest BCUT2D eigenvalue weighted by Gasteiger charge is -2.29. The fourth-order valence-electron chi connectivity index (χ4n) is 4.44. The summed E-state index contributed by atoms with van der Waals surface area (Å²) in [7, 11) is 0. The van der Waals surface area contributed by atoms with E-state index < -0.39 is 0 Å². The summed E-state index contributed by atoms with van der Waals surface area (Å²) in [6.45, 7) is 2.69. The minimum atomic E-state index is -0.0607. The molecule has 1 aliphatic carbocycles. The Morgan fingerprint density at radius 1 is 1.17 bits per heavy atom. The van der Waals surface area contributed by atoms with Crippen molar-refractivity contribution < 1.29 is 9.53 Å². The molecule has 1 amide bonds. The van der Waals surface area contributed by atoms with Gasteiger partial charge in [-0.3, -0.25) is 9.78 Å². The van der Waals surface area contributed by atoms with Crippen LogP contribution in [0, 0.1) is 0 Å². The molecule has 0 unspecified atom stereocenters. The summed E-state index contributed by atoms with van der Waals surface area (Å²) in [4.78, 5) is 21.4. The molecular weight excluding hydrogens is 378 g/mol. The van der Waals surface area contributed by atoms with Gasteiger partial charge in [0.1, 0.15) is 17.3 Å². The summed E-state index contributed by atoms with van der Waals surface area (Å²) in [5.41, 5.74) is 0.537. The molecule has 1 saturated carbocycles. The SMILES string of the molecule is O=C(NC1CCC(Oc2cccc3cnccc23)CC1)c1cn2c(n1)CCNCC2. The lowest BCUT2D eigenvalue weighted by atomic mass is 9.92. The van der Waals surface area contributed by atoms with Crippen LogP contribution in [-0.2, 0) is 13.0 Å². The lowest BCUT2D eigenvalue weighted by Crippen LogP contribution is -2.39. The molecule has 3 heterocycles. The molecule has 1 fully saturated rings. The van der Waals surface area contributed by atoms with Crippen LogP contribution in [-0.4, -0.2) is 45.7 Å². The van der Waals surface area contributed by atoms with E-state index in [-0.39, 0.29) is 18.1 Å². The Morgan fingerprint density at radius 3 is 2.97 bits per heavy atom. The second kappa shape index (κ2) is 8.44. The maximum Gasteiger partial charge on any atom is 0.271 e. The normalized spacial score (nSPS) is 21.6. The third-order valence-corrected chi connectivity index (χ3v) is 6.09. The van der Waals surface area contributed by atoms with Gasteiger partial charge in [-0.25, -0.2) is 4.98 Å². The van der Waals surface area contributed by atoms with Gasteiger partial charge >= 0.3 is 0 Å². The number of amides is 1. The van der Waals surface area contributed by atoms with Crippen LogP contribution in [0.15, 0.2) is 42.9 Å². The number of imidazole rings is 1. The molecule has 30 heavy (non-hydrogen) atoms. The van der Waals surface area contributed by atoms with E-state index in [0.717, 1.165) is 74.1 Å². The smallest absolute Gasteiger partial charge is 0.271 e. The van der Waals surface area contributed by atoms with Gasteiger partial charge in [0.25, 0.3) is 5.91 Å². The fraction of sp³-hybridized carbons (Fsp3) is 0.435. The summed E-state index contributed by atoms with van der Waals surface area (Å²) in [6, 6.07) is 8.26. The standard InChI is InChI=1S/C23H27N5O2/c29-23(20-15-28-13-12-24-11-9-22(28)27-20)26-17-4-6-18(7-5-17)30-21-3-1-2-16-14-25-10-8-19(16)21/h1-3,8,10,14-15,17-18,24H,4-7,9,11-13H2,(H,26,29). The molecule has 2 aliphatic rings. The van der Waals surface area contributed by atoms with Gasteiger partial charge in [-0.05, 0) is 37.8 Å². The van der Waals surface area contributed by atoms with Crippen molar-refractivity contribution in [1.82, 2.24) is 25.2 Å². The molecule has 1 aliphatic heterocycles. The number of fused-ring (bicyclic) bond motifs is 2. The van der Waals surface area contributed by atoms with Gasteiger partial charge in [-0.1, -0.05) is 12.1 Å². The zero-order valence-corrected chi connectivity index (χ0v) is 17.0. The third-order valence-electron chi connectivity index (χ3n) is 6.09. The predicted molar refractivity (Wildman–Crippen MR) is 115 cm³/mol. The molecule has 0 spiro atoms. The Kier molecular flexibility index (Phi) is 5.36. The molecule has 156 valence electrons. The molecular formula is C23H27N5O2. The number of nitrogens with one attached hydrogen (secondary N) is 2. The minimum Gasteiger partial charge on any atom is -0.490 e. The predicted octanol–water partition coefficient (Wildman–Crippen LogP) is 2.70. The molecule has 0 bridgehead atoms. The largest absolute Gasteiger partial charge is 0.490 e. The summed E-state index contributed by atoms with van der Waals surface area (Å²) < 4.78 is 8.41. The van der Waals surface area contributed by atoms with Crippen molar-refractivity contribution >= 4 is 16.7 Å². The summed E-state index contributed by atoms with van der Waals surface area (Å²) >= 11 is 0. The maximum atomic E-state index is 12.7. The van der Waals surface area contributed by atoms with Gasteiger partial charge in [0.15, 0.2) is 0 Å². The van der Waals surface area contributed by atoms with Gasteiger partial charge < -0.3 is 19.9 Å². The van der Waals surface area contributed by atoms with Crippen molar-refractivity contribution in [3.8, 4) is 5.75 Å². The van der Waals surface area contributed by atoms with Crippen LogP contribution in [0.2, 0.25) is 0 Å². The van der Waals surface area contributed by atoms with Crippen molar-refractivity contribution in [3.63, 3.8) is 0 Å². The molecule has 3 aromatic rings. The Morgan fingerprint density at radius 2 is 2.07 bits per heavy atom. The molecule has 1 aromatic carbocycles. The van der Waals surface area contributed by atoms with Crippen molar-refractivity contribution in [2.24, 2.45) is 0 Å². The quantitative estimate of drug-likeness (QED) is 0.698. The highest BCUT2D eigenvalue weighted by Gasteiger charge is 2.25. The van der Waals surface area contributed by atoms with E-state index in [4.69, 9.17) is 4.74 Å². The first-order chi connectivity index (χ1) is 14.8. The van der Waals surface area contributed by atoms with Crippen LogP contribution in [0.3, 0.4) is 0 Å². The van der Waals surface area contributed by atoms with Crippen molar-refractivity contribution in [1.29, 1.82) is 0 Å². The molecule has 7 heteroatoms. The third kappa shape index (κ3) is 4.03. The van der Waals surface area contributed by atoms with Gasteiger partial charge in [-0.15, -0.1) is 0 Å².